The third-order valence-electron chi connectivity index (χ3n) is 3.71. The Morgan fingerprint density at radius 3 is 2.65 bits per heavy atom. The van der Waals surface area contributed by atoms with E-state index in [1.807, 2.05) is 25.1 Å². The maximum atomic E-state index is 12.2. The van der Waals surface area contributed by atoms with E-state index in [-0.39, 0.29) is 17.8 Å². The smallest absolute Gasteiger partial charge is 0.280 e. The molecule has 0 unspecified atom stereocenters. The van der Waals surface area contributed by atoms with Gasteiger partial charge in [-0.05, 0) is 30.2 Å². The Morgan fingerprint density at radius 1 is 1.13 bits per heavy atom. The monoisotopic (exact) mass is 309 g/mol. The molecule has 0 atom stereocenters. The number of pyridine rings is 1. The maximum Gasteiger partial charge on any atom is 0.280 e. The van der Waals surface area contributed by atoms with Crippen LogP contribution < -0.4 is 5.32 Å². The number of fused-ring (bicyclic) bond motifs is 1. The Labute approximate surface area is 133 Å². The van der Waals surface area contributed by atoms with Crippen LogP contribution in [0.15, 0.2) is 42.6 Å². The summed E-state index contributed by atoms with van der Waals surface area (Å²) < 4.78 is 0. The summed E-state index contributed by atoms with van der Waals surface area (Å²) in [5.74, 6) is -1.44. The zero-order valence-electron chi connectivity index (χ0n) is 12.6. The van der Waals surface area contributed by atoms with Crippen molar-refractivity contribution in [1.82, 2.24) is 9.88 Å². The molecule has 0 saturated heterocycles. The van der Waals surface area contributed by atoms with Crippen molar-refractivity contribution >= 4 is 23.4 Å². The first-order valence-electron chi connectivity index (χ1n) is 7.30. The topological polar surface area (TPSA) is 79.4 Å². The summed E-state index contributed by atoms with van der Waals surface area (Å²) in [4.78, 5) is 41.4. The minimum Gasteiger partial charge on any atom is -0.324 e. The van der Waals surface area contributed by atoms with Gasteiger partial charge in [-0.25, -0.2) is 0 Å². The Balaban J connectivity index is 1.74. The van der Waals surface area contributed by atoms with Gasteiger partial charge in [0.05, 0.1) is 5.56 Å². The van der Waals surface area contributed by atoms with Crippen molar-refractivity contribution in [2.45, 2.75) is 13.3 Å². The number of benzene rings is 1. The molecule has 0 radical (unpaired) electrons. The van der Waals surface area contributed by atoms with E-state index < -0.39 is 17.7 Å². The summed E-state index contributed by atoms with van der Waals surface area (Å²) >= 11 is 0. The summed E-state index contributed by atoms with van der Waals surface area (Å²) in [5.41, 5.74) is 2.01. The number of anilines is 1. The number of para-hydroxylation sites is 1. The van der Waals surface area contributed by atoms with Gasteiger partial charge in [0, 0.05) is 11.9 Å². The number of imide groups is 1. The second kappa shape index (κ2) is 6.00. The van der Waals surface area contributed by atoms with Crippen molar-refractivity contribution in [2.24, 2.45) is 0 Å². The molecule has 0 saturated carbocycles. The third kappa shape index (κ3) is 2.70. The summed E-state index contributed by atoms with van der Waals surface area (Å²) in [6, 6.07) is 10.5. The molecule has 1 aliphatic rings. The molecule has 3 rings (SSSR count). The average molecular weight is 309 g/mol. The van der Waals surface area contributed by atoms with Crippen LogP contribution >= 0.6 is 0 Å². The molecule has 0 aliphatic carbocycles. The van der Waals surface area contributed by atoms with Crippen molar-refractivity contribution in [2.75, 3.05) is 11.9 Å². The number of aromatic nitrogens is 1. The number of hydrogen-bond donors (Lipinski definition) is 1. The van der Waals surface area contributed by atoms with Gasteiger partial charge in [-0.15, -0.1) is 0 Å². The summed E-state index contributed by atoms with van der Waals surface area (Å²) in [5, 5.41) is 2.75. The minimum absolute atomic E-state index is 0.0965. The van der Waals surface area contributed by atoms with E-state index in [9.17, 15) is 14.4 Å². The second-order valence-electron chi connectivity index (χ2n) is 5.15. The lowest BCUT2D eigenvalue weighted by atomic mass is 10.1. The lowest BCUT2D eigenvalue weighted by Crippen LogP contribution is -2.37. The number of carbonyl (C=O) groups is 3. The molecule has 1 aromatic heterocycles. The maximum absolute atomic E-state index is 12.2. The molecular formula is C17H15N3O3. The van der Waals surface area contributed by atoms with E-state index >= 15 is 0 Å². The summed E-state index contributed by atoms with van der Waals surface area (Å²) in [6.07, 6.45) is 2.22. The molecule has 1 aromatic carbocycles. The molecule has 0 spiro atoms. The second-order valence-corrected chi connectivity index (χ2v) is 5.15. The van der Waals surface area contributed by atoms with Gasteiger partial charge in [0.1, 0.15) is 12.2 Å². The Kier molecular flexibility index (Phi) is 3.89. The van der Waals surface area contributed by atoms with E-state index in [4.69, 9.17) is 0 Å². The Morgan fingerprint density at radius 2 is 1.91 bits per heavy atom. The van der Waals surface area contributed by atoms with E-state index in [1.165, 1.54) is 12.3 Å². The van der Waals surface area contributed by atoms with Gasteiger partial charge in [0.2, 0.25) is 5.91 Å². The molecule has 6 nitrogen and oxygen atoms in total. The predicted molar refractivity (Wildman–Crippen MR) is 84.1 cm³/mol. The highest BCUT2D eigenvalue weighted by atomic mass is 16.2. The molecule has 3 amide bonds. The molecule has 6 heteroatoms. The molecule has 1 N–H and O–H groups in total. The highest BCUT2D eigenvalue weighted by Crippen LogP contribution is 2.21. The quantitative estimate of drug-likeness (QED) is 0.875. The van der Waals surface area contributed by atoms with E-state index in [0.717, 1.165) is 16.9 Å². The lowest BCUT2D eigenvalue weighted by Gasteiger charge is -2.14. The van der Waals surface area contributed by atoms with Crippen LogP contribution in [0, 0.1) is 0 Å². The van der Waals surface area contributed by atoms with E-state index in [2.05, 4.69) is 10.3 Å². The average Bonchev–Trinajstić information content (AvgIpc) is 2.81. The highest BCUT2D eigenvalue weighted by Gasteiger charge is 2.37. The highest BCUT2D eigenvalue weighted by molar-refractivity contribution is 6.21. The van der Waals surface area contributed by atoms with Gasteiger partial charge in [-0.2, -0.15) is 0 Å². The van der Waals surface area contributed by atoms with Crippen LogP contribution in [0.5, 0.6) is 0 Å². The number of amides is 3. The number of nitrogens with one attached hydrogen (secondary N) is 1. The van der Waals surface area contributed by atoms with Crippen LogP contribution in [0.4, 0.5) is 5.69 Å². The molecule has 116 valence electrons. The van der Waals surface area contributed by atoms with Crippen LogP contribution in [0.2, 0.25) is 0 Å². The Bertz CT molecular complexity index is 766. The number of carbonyl (C=O) groups excluding carboxylic acids is 3. The summed E-state index contributed by atoms with van der Waals surface area (Å²) in [6.45, 7) is 1.66. The number of nitrogens with zero attached hydrogens (tertiary/aromatic N) is 2. The predicted octanol–water partition coefficient (Wildman–Crippen LogP) is 1.88. The lowest BCUT2D eigenvalue weighted by molar-refractivity contribution is -0.116. The standard InChI is InChI=1S/C17H15N3O3/c1-2-11-6-3-4-8-13(11)19-14(21)10-20-16(22)12-7-5-9-18-15(12)17(20)23/h3-9H,2,10H2,1H3,(H,19,21). The first-order chi connectivity index (χ1) is 11.1. The van der Waals surface area contributed by atoms with Gasteiger partial charge >= 0.3 is 0 Å². The molecule has 1 aliphatic heterocycles. The van der Waals surface area contributed by atoms with Crippen molar-refractivity contribution in [1.29, 1.82) is 0 Å². The van der Waals surface area contributed by atoms with Gasteiger partial charge < -0.3 is 5.32 Å². The van der Waals surface area contributed by atoms with Crippen molar-refractivity contribution in [3.8, 4) is 0 Å². The minimum atomic E-state index is -0.537. The van der Waals surface area contributed by atoms with Crippen LogP contribution in [0.1, 0.15) is 33.3 Å². The largest absolute Gasteiger partial charge is 0.324 e. The van der Waals surface area contributed by atoms with Crippen molar-refractivity contribution in [3.05, 3.63) is 59.4 Å². The number of hydrogen-bond acceptors (Lipinski definition) is 4. The first kappa shape index (κ1) is 14.9. The molecule has 0 fully saturated rings. The van der Waals surface area contributed by atoms with E-state index in [1.54, 1.807) is 12.1 Å². The van der Waals surface area contributed by atoms with Crippen molar-refractivity contribution in [3.63, 3.8) is 0 Å². The van der Waals surface area contributed by atoms with Crippen LogP contribution in [-0.2, 0) is 11.2 Å². The third-order valence-corrected chi connectivity index (χ3v) is 3.71. The normalized spacial score (nSPS) is 13.2. The van der Waals surface area contributed by atoms with Gasteiger partial charge in [-0.1, -0.05) is 25.1 Å². The van der Waals surface area contributed by atoms with E-state index in [0.29, 0.717) is 5.69 Å². The molecule has 0 bridgehead atoms. The fraction of sp³-hybridized carbons (Fsp3) is 0.176. The first-order valence-corrected chi connectivity index (χ1v) is 7.30. The zero-order chi connectivity index (χ0) is 16.4. The summed E-state index contributed by atoms with van der Waals surface area (Å²) in [7, 11) is 0. The molecule has 2 heterocycles. The van der Waals surface area contributed by atoms with Gasteiger partial charge in [0.15, 0.2) is 0 Å². The van der Waals surface area contributed by atoms with Crippen LogP contribution in [-0.4, -0.2) is 34.2 Å². The SMILES string of the molecule is CCc1ccccc1NC(=O)CN1C(=O)c2cccnc2C1=O. The fourth-order valence-electron chi connectivity index (χ4n) is 2.54. The van der Waals surface area contributed by atoms with Crippen LogP contribution in [0.3, 0.4) is 0 Å². The molecular weight excluding hydrogens is 294 g/mol. The number of rotatable bonds is 4. The number of aryl methyl sites for hydroxylation is 1. The molecule has 23 heavy (non-hydrogen) atoms. The molecule has 2 aromatic rings. The zero-order valence-corrected chi connectivity index (χ0v) is 12.6. The van der Waals surface area contributed by atoms with Crippen molar-refractivity contribution < 1.29 is 14.4 Å². The van der Waals surface area contributed by atoms with Gasteiger partial charge in [-0.3, -0.25) is 24.3 Å². The van der Waals surface area contributed by atoms with Gasteiger partial charge in [0.25, 0.3) is 11.8 Å². The Hall–Kier alpha value is -3.02. The van der Waals surface area contributed by atoms with Crippen LogP contribution in [0.25, 0.3) is 0 Å². The fourth-order valence-corrected chi connectivity index (χ4v) is 2.54.